The topological polar surface area (TPSA) is 23.8 Å². The Labute approximate surface area is 173 Å². The van der Waals surface area contributed by atoms with Crippen LogP contribution in [0.4, 0.5) is 0 Å². The summed E-state index contributed by atoms with van der Waals surface area (Å²) in [5.74, 6) is 3.70. The van der Waals surface area contributed by atoms with Gasteiger partial charge in [-0.15, -0.1) is 0 Å². The Hall–Kier alpha value is -1.55. The van der Waals surface area contributed by atoms with E-state index in [1.54, 1.807) is 11.6 Å². The molecule has 0 unspecified atom stereocenters. The van der Waals surface area contributed by atoms with Gasteiger partial charge in [-0.3, -0.25) is 0 Å². The molecule has 28 heavy (non-hydrogen) atoms. The molecule has 3 rings (SSSR count). The summed E-state index contributed by atoms with van der Waals surface area (Å²) in [5.41, 5.74) is 3.05. The monoisotopic (exact) mass is 377 g/mol. The van der Waals surface area contributed by atoms with Gasteiger partial charge in [0.25, 0.3) is 0 Å². The SMILES string of the molecule is CCc1ccc(C2CCC(CCC3CCC(CC/C=C/C#N)CC3)CC2)cc1. The highest BCUT2D eigenvalue weighted by Gasteiger charge is 2.25. The highest BCUT2D eigenvalue weighted by atomic mass is 14.3. The zero-order valence-electron chi connectivity index (χ0n) is 17.9. The molecule has 2 saturated carbocycles. The molecule has 2 aliphatic rings. The fourth-order valence-corrected chi connectivity index (χ4v) is 5.56. The largest absolute Gasteiger partial charge is 0.193 e. The molecule has 0 amide bonds. The van der Waals surface area contributed by atoms with Gasteiger partial charge in [0.05, 0.1) is 6.07 Å². The van der Waals surface area contributed by atoms with Crippen molar-refractivity contribution in [2.75, 3.05) is 0 Å². The summed E-state index contributed by atoms with van der Waals surface area (Å²) in [6.45, 7) is 2.24. The van der Waals surface area contributed by atoms with E-state index in [1.807, 2.05) is 6.08 Å². The van der Waals surface area contributed by atoms with Crippen LogP contribution in [0.3, 0.4) is 0 Å². The van der Waals surface area contributed by atoms with Gasteiger partial charge in [0.15, 0.2) is 0 Å². The normalized spacial score (nSPS) is 28.3. The van der Waals surface area contributed by atoms with E-state index in [9.17, 15) is 0 Å². The second-order valence-corrected chi connectivity index (χ2v) is 9.39. The highest BCUT2D eigenvalue weighted by Crippen LogP contribution is 2.40. The summed E-state index contributed by atoms with van der Waals surface area (Å²) >= 11 is 0. The predicted molar refractivity (Wildman–Crippen MR) is 119 cm³/mol. The lowest BCUT2D eigenvalue weighted by atomic mass is 9.74. The van der Waals surface area contributed by atoms with Crippen molar-refractivity contribution >= 4 is 0 Å². The Morgan fingerprint density at radius 1 is 0.821 bits per heavy atom. The molecule has 2 aliphatic carbocycles. The third-order valence-corrected chi connectivity index (χ3v) is 7.59. The lowest BCUT2D eigenvalue weighted by Crippen LogP contribution is -2.17. The van der Waals surface area contributed by atoms with Crippen LogP contribution in [-0.4, -0.2) is 0 Å². The summed E-state index contributed by atoms with van der Waals surface area (Å²) in [7, 11) is 0. The summed E-state index contributed by atoms with van der Waals surface area (Å²) < 4.78 is 0. The number of hydrogen-bond acceptors (Lipinski definition) is 1. The number of nitrogens with zero attached hydrogens (tertiary/aromatic N) is 1. The maximum Gasteiger partial charge on any atom is 0.0908 e. The molecule has 0 N–H and O–H groups in total. The maximum atomic E-state index is 8.56. The zero-order valence-corrected chi connectivity index (χ0v) is 17.9. The molecular formula is C27H39N. The summed E-state index contributed by atoms with van der Waals surface area (Å²) in [6.07, 6.45) is 21.6. The second kappa shape index (κ2) is 11.5. The van der Waals surface area contributed by atoms with E-state index in [-0.39, 0.29) is 0 Å². The molecule has 152 valence electrons. The molecule has 0 spiro atoms. The second-order valence-electron chi connectivity index (χ2n) is 9.39. The maximum absolute atomic E-state index is 8.56. The van der Waals surface area contributed by atoms with E-state index >= 15 is 0 Å². The number of nitriles is 1. The predicted octanol–water partition coefficient (Wildman–Crippen LogP) is 7.97. The standard InChI is InChI=1S/C27H39N/c1-2-22-13-17-26(18-14-22)27-19-15-25(16-20-27)12-11-24-9-7-23(8-10-24)6-4-3-5-21-28/h3,5,13-14,17-18,23-25,27H,2,4,6-12,15-16,19-20H2,1H3/b5-3+. The minimum Gasteiger partial charge on any atom is -0.193 e. The first-order valence-corrected chi connectivity index (χ1v) is 11.9. The van der Waals surface area contributed by atoms with Gasteiger partial charge in [-0.25, -0.2) is 0 Å². The van der Waals surface area contributed by atoms with Gasteiger partial charge in [0.1, 0.15) is 0 Å². The molecule has 0 aromatic heterocycles. The van der Waals surface area contributed by atoms with E-state index in [4.69, 9.17) is 5.26 Å². The lowest BCUT2D eigenvalue weighted by Gasteiger charge is -2.32. The van der Waals surface area contributed by atoms with Crippen molar-refractivity contribution in [3.63, 3.8) is 0 Å². The zero-order chi connectivity index (χ0) is 19.6. The number of benzene rings is 1. The molecule has 0 radical (unpaired) electrons. The van der Waals surface area contributed by atoms with E-state index in [0.717, 1.165) is 36.5 Å². The van der Waals surface area contributed by atoms with Gasteiger partial charge in [0, 0.05) is 6.08 Å². The minimum absolute atomic E-state index is 0.813. The summed E-state index contributed by atoms with van der Waals surface area (Å²) in [5, 5.41) is 8.56. The Morgan fingerprint density at radius 2 is 1.36 bits per heavy atom. The minimum atomic E-state index is 0.813. The van der Waals surface area contributed by atoms with Crippen LogP contribution in [0, 0.1) is 29.1 Å². The van der Waals surface area contributed by atoms with Crippen LogP contribution in [0.25, 0.3) is 0 Å². The molecule has 1 aromatic rings. The molecule has 0 saturated heterocycles. The van der Waals surface area contributed by atoms with Crippen molar-refractivity contribution in [3.8, 4) is 6.07 Å². The average Bonchev–Trinajstić information content (AvgIpc) is 2.76. The van der Waals surface area contributed by atoms with Crippen LogP contribution in [-0.2, 0) is 6.42 Å². The average molecular weight is 378 g/mol. The van der Waals surface area contributed by atoms with Gasteiger partial charge >= 0.3 is 0 Å². The molecule has 1 nitrogen and oxygen atoms in total. The lowest BCUT2D eigenvalue weighted by molar-refractivity contribution is 0.225. The Morgan fingerprint density at radius 3 is 1.89 bits per heavy atom. The number of rotatable bonds is 8. The van der Waals surface area contributed by atoms with E-state index < -0.39 is 0 Å². The first kappa shape index (κ1) is 21.2. The van der Waals surface area contributed by atoms with Crippen molar-refractivity contribution < 1.29 is 0 Å². The van der Waals surface area contributed by atoms with Crippen LogP contribution in [0.5, 0.6) is 0 Å². The van der Waals surface area contributed by atoms with Crippen molar-refractivity contribution in [3.05, 3.63) is 47.5 Å². The van der Waals surface area contributed by atoms with E-state index in [2.05, 4.69) is 37.3 Å². The van der Waals surface area contributed by atoms with E-state index in [1.165, 1.54) is 76.2 Å². The number of hydrogen-bond donors (Lipinski definition) is 0. The fraction of sp³-hybridized carbons (Fsp3) is 0.667. The fourth-order valence-electron chi connectivity index (χ4n) is 5.56. The highest BCUT2D eigenvalue weighted by molar-refractivity contribution is 5.25. The van der Waals surface area contributed by atoms with Crippen molar-refractivity contribution in [1.82, 2.24) is 0 Å². The molecule has 0 atom stereocenters. The number of aryl methyl sites for hydroxylation is 1. The third-order valence-electron chi connectivity index (χ3n) is 7.59. The first-order valence-electron chi connectivity index (χ1n) is 11.9. The van der Waals surface area contributed by atoms with Crippen LogP contribution < -0.4 is 0 Å². The molecule has 0 heterocycles. The van der Waals surface area contributed by atoms with Gasteiger partial charge in [-0.2, -0.15) is 5.26 Å². The van der Waals surface area contributed by atoms with Gasteiger partial charge in [-0.05, 0) is 79.7 Å². The van der Waals surface area contributed by atoms with Gasteiger partial charge < -0.3 is 0 Å². The van der Waals surface area contributed by atoms with Crippen molar-refractivity contribution in [2.45, 2.75) is 96.3 Å². The van der Waals surface area contributed by atoms with Crippen molar-refractivity contribution in [1.29, 1.82) is 5.26 Å². The van der Waals surface area contributed by atoms with Crippen LogP contribution in [0.2, 0.25) is 0 Å². The van der Waals surface area contributed by atoms with Gasteiger partial charge in [-0.1, -0.05) is 75.8 Å². The number of allylic oxidation sites excluding steroid dienone is 2. The summed E-state index contributed by atoms with van der Waals surface area (Å²) in [6, 6.07) is 11.5. The Bertz CT molecular complexity index is 619. The van der Waals surface area contributed by atoms with Crippen LogP contribution in [0.1, 0.15) is 101 Å². The third kappa shape index (κ3) is 6.51. The van der Waals surface area contributed by atoms with E-state index in [0.29, 0.717) is 0 Å². The van der Waals surface area contributed by atoms with Crippen LogP contribution >= 0.6 is 0 Å². The quantitative estimate of drug-likeness (QED) is 0.421. The Balaban J connectivity index is 1.30. The molecule has 0 bridgehead atoms. The molecule has 1 heteroatoms. The van der Waals surface area contributed by atoms with Crippen molar-refractivity contribution in [2.24, 2.45) is 17.8 Å². The molecular weight excluding hydrogens is 338 g/mol. The molecule has 1 aromatic carbocycles. The smallest absolute Gasteiger partial charge is 0.0908 e. The van der Waals surface area contributed by atoms with Crippen LogP contribution in [0.15, 0.2) is 36.4 Å². The first-order chi connectivity index (χ1) is 13.8. The molecule has 2 fully saturated rings. The Kier molecular flexibility index (Phi) is 8.66. The molecule has 0 aliphatic heterocycles. The summed E-state index contributed by atoms with van der Waals surface area (Å²) in [4.78, 5) is 0. The van der Waals surface area contributed by atoms with Gasteiger partial charge in [0.2, 0.25) is 0 Å².